The number of esters is 2. The van der Waals surface area contributed by atoms with Crippen molar-refractivity contribution in [3.8, 4) is 0 Å². The van der Waals surface area contributed by atoms with E-state index >= 15 is 0 Å². The van der Waals surface area contributed by atoms with Crippen LogP contribution in [0, 0.1) is 0 Å². The van der Waals surface area contributed by atoms with Gasteiger partial charge >= 0.3 is 11.9 Å². The summed E-state index contributed by atoms with van der Waals surface area (Å²) in [7, 11) is 0. The predicted octanol–water partition coefficient (Wildman–Crippen LogP) is 4.10. The van der Waals surface area contributed by atoms with Crippen molar-refractivity contribution in [2.75, 3.05) is 19.8 Å². The lowest BCUT2D eigenvalue weighted by Crippen LogP contribution is -2.59. The third-order valence-corrected chi connectivity index (χ3v) is 7.19. The van der Waals surface area contributed by atoms with Gasteiger partial charge < -0.3 is 39.4 Å². The molecular formula is C31H56O10. The first kappa shape index (κ1) is 37.5. The van der Waals surface area contributed by atoms with Crippen LogP contribution in [0.25, 0.3) is 0 Å². The van der Waals surface area contributed by atoms with Crippen LogP contribution in [-0.2, 0) is 28.5 Å². The van der Waals surface area contributed by atoms with E-state index < -0.39 is 55.4 Å². The number of hydrogen-bond acceptors (Lipinski definition) is 10. The number of unbranched alkanes of at least 4 members (excludes halogenated alkanes) is 12. The highest BCUT2D eigenvalue weighted by Gasteiger charge is 2.44. The van der Waals surface area contributed by atoms with Crippen molar-refractivity contribution in [2.45, 2.75) is 153 Å². The van der Waals surface area contributed by atoms with Gasteiger partial charge in [0, 0.05) is 6.42 Å². The Kier molecular flexibility index (Phi) is 21.9. The van der Waals surface area contributed by atoms with Gasteiger partial charge in [0.2, 0.25) is 0 Å². The molecule has 0 radical (unpaired) electrons. The van der Waals surface area contributed by atoms with Crippen LogP contribution in [0.4, 0.5) is 0 Å². The molecule has 0 aromatic heterocycles. The Balaban J connectivity index is 2.35. The molecule has 1 heterocycles. The standard InChI is InChI=1S/C31H56O10/c1-3-5-7-8-9-10-11-12-13-14-15-16-18-19-26(33)38-22-24(40-27(34)20-17-6-4-2)23-39-31-30(37)29(36)28(35)25(21-32)41-31/h6,17,24-25,28-32,35-37H,3-5,7-16,18-23H2,1-2H3/t24-,25?,28?,29?,30?,31?/m1/s1. The Hall–Kier alpha value is -1.56. The molecule has 1 aliphatic heterocycles. The van der Waals surface area contributed by atoms with Crippen LogP contribution in [0.3, 0.4) is 0 Å². The number of ether oxygens (including phenoxy) is 4. The molecule has 1 saturated heterocycles. The maximum Gasteiger partial charge on any atom is 0.310 e. The molecule has 0 bridgehead atoms. The van der Waals surface area contributed by atoms with Gasteiger partial charge in [-0.05, 0) is 12.8 Å². The monoisotopic (exact) mass is 588 g/mol. The Morgan fingerprint density at radius 1 is 0.756 bits per heavy atom. The Morgan fingerprint density at radius 2 is 1.34 bits per heavy atom. The van der Waals surface area contributed by atoms with Crippen molar-refractivity contribution >= 4 is 11.9 Å². The highest BCUT2D eigenvalue weighted by molar-refractivity contribution is 5.71. The highest BCUT2D eigenvalue weighted by atomic mass is 16.7. The lowest BCUT2D eigenvalue weighted by molar-refractivity contribution is -0.305. The molecule has 0 saturated carbocycles. The van der Waals surface area contributed by atoms with Crippen LogP contribution in [0.1, 0.15) is 117 Å². The maximum atomic E-state index is 12.3. The number of allylic oxidation sites excluding steroid dienone is 1. The molecule has 41 heavy (non-hydrogen) atoms. The minimum atomic E-state index is -1.59. The topological polar surface area (TPSA) is 152 Å². The van der Waals surface area contributed by atoms with Crippen LogP contribution in [-0.4, -0.2) is 89.0 Å². The molecule has 1 rings (SSSR count). The van der Waals surface area contributed by atoms with Gasteiger partial charge in [-0.25, -0.2) is 0 Å². The molecule has 0 amide bonds. The molecule has 5 unspecified atom stereocenters. The molecule has 4 N–H and O–H groups in total. The van der Waals surface area contributed by atoms with Crippen LogP contribution in [0.2, 0.25) is 0 Å². The summed E-state index contributed by atoms with van der Waals surface area (Å²) in [6.07, 6.45) is 12.2. The zero-order valence-electron chi connectivity index (χ0n) is 25.3. The molecule has 0 aromatic carbocycles. The van der Waals surface area contributed by atoms with E-state index in [-0.39, 0.29) is 26.1 Å². The fourth-order valence-electron chi connectivity index (χ4n) is 4.65. The van der Waals surface area contributed by atoms with Crippen molar-refractivity contribution in [3.05, 3.63) is 12.2 Å². The van der Waals surface area contributed by atoms with E-state index in [0.717, 1.165) is 25.7 Å². The number of carbonyl (C=O) groups is 2. The average molecular weight is 589 g/mol. The average Bonchev–Trinajstić information content (AvgIpc) is 2.96. The highest BCUT2D eigenvalue weighted by Crippen LogP contribution is 2.22. The molecule has 0 spiro atoms. The van der Waals surface area contributed by atoms with Gasteiger partial charge in [0.15, 0.2) is 12.4 Å². The van der Waals surface area contributed by atoms with Crippen LogP contribution in [0.5, 0.6) is 0 Å². The fourth-order valence-corrected chi connectivity index (χ4v) is 4.65. The molecule has 10 nitrogen and oxygen atoms in total. The minimum absolute atomic E-state index is 0.0390. The molecule has 0 aromatic rings. The van der Waals surface area contributed by atoms with Crippen molar-refractivity contribution in [3.63, 3.8) is 0 Å². The lowest BCUT2D eigenvalue weighted by atomic mass is 9.99. The second kappa shape index (κ2) is 23.9. The molecule has 240 valence electrons. The van der Waals surface area contributed by atoms with Crippen molar-refractivity contribution in [1.82, 2.24) is 0 Å². The third kappa shape index (κ3) is 17.2. The number of aliphatic hydroxyl groups is 4. The van der Waals surface area contributed by atoms with E-state index in [0.29, 0.717) is 0 Å². The molecule has 6 atom stereocenters. The maximum absolute atomic E-state index is 12.3. The Labute approximate surface area is 246 Å². The quantitative estimate of drug-likeness (QED) is 0.0737. The second-order valence-corrected chi connectivity index (χ2v) is 10.9. The normalized spacial score (nSPS) is 23.5. The summed E-state index contributed by atoms with van der Waals surface area (Å²) >= 11 is 0. The number of carbonyl (C=O) groups excluding carboxylic acids is 2. The van der Waals surface area contributed by atoms with Gasteiger partial charge in [0.25, 0.3) is 0 Å². The third-order valence-electron chi connectivity index (χ3n) is 7.19. The largest absolute Gasteiger partial charge is 0.462 e. The van der Waals surface area contributed by atoms with Crippen LogP contribution < -0.4 is 0 Å². The lowest BCUT2D eigenvalue weighted by Gasteiger charge is -2.39. The van der Waals surface area contributed by atoms with E-state index in [1.165, 1.54) is 64.2 Å². The van der Waals surface area contributed by atoms with Crippen molar-refractivity contribution < 1.29 is 49.0 Å². The molecule has 1 fully saturated rings. The summed E-state index contributed by atoms with van der Waals surface area (Å²) in [5.41, 5.74) is 0. The van der Waals surface area contributed by atoms with Gasteiger partial charge in [0.1, 0.15) is 31.0 Å². The van der Waals surface area contributed by atoms with Gasteiger partial charge in [-0.3, -0.25) is 9.59 Å². The first-order valence-corrected chi connectivity index (χ1v) is 15.8. The molecule has 0 aliphatic carbocycles. The second-order valence-electron chi connectivity index (χ2n) is 10.9. The smallest absolute Gasteiger partial charge is 0.310 e. The summed E-state index contributed by atoms with van der Waals surface area (Å²) in [5, 5.41) is 39.4. The summed E-state index contributed by atoms with van der Waals surface area (Å²) < 4.78 is 21.6. The summed E-state index contributed by atoms with van der Waals surface area (Å²) in [6.45, 7) is 3.05. The summed E-state index contributed by atoms with van der Waals surface area (Å²) in [6, 6.07) is 0. The molecular weight excluding hydrogens is 532 g/mol. The molecule has 1 aliphatic rings. The van der Waals surface area contributed by atoms with Gasteiger partial charge in [-0.2, -0.15) is 0 Å². The van der Waals surface area contributed by atoms with Gasteiger partial charge in [-0.15, -0.1) is 0 Å². The van der Waals surface area contributed by atoms with E-state index in [9.17, 15) is 30.0 Å². The Morgan fingerprint density at radius 3 is 1.90 bits per heavy atom. The number of hydrogen-bond donors (Lipinski definition) is 4. The van der Waals surface area contributed by atoms with E-state index in [1.807, 2.05) is 13.0 Å². The number of rotatable bonds is 24. The van der Waals surface area contributed by atoms with Crippen molar-refractivity contribution in [1.29, 1.82) is 0 Å². The van der Waals surface area contributed by atoms with Crippen molar-refractivity contribution in [2.24, 2.45) is 0 Å². The van der Waals surface area contributed by atoms with E-state index in [2.05, 4.69) is 6.92 Å². The van der Waals surface area contributed by atoms with Gasteiger partial charge in [0.05, 0.1) is 19.6 Å². The van der Waals surface area contributed by atoms with Crippen LogP contribution >= 0.6 is 0 Å². The van der Waals surface area contributed by atoms with Crippen LogP contribution in [0.15, 0.2) is 12.2 Å². The first-order chi connectivity index (χ1) is 19.8. The summed E-state index contributed by atoms with van der Waals surface area (Å²) in [5.74, 6) is -0.933. The zero-order valence-corrected chi connectivity index (χ0v) is 25.3. The predicted molar refractivity (Wildman–Crippen MR) is 155 cm³/mol. The minimum Gasteiger partial charge on any atom is -0.462 e. The SMILES string of the molecule is CCC=CCC(=O)O[C@H](COC(=O)CCCCCCCCCCCCCCC)COC1OC(CO)C(O)C(O)C1O. The van der Waals surface area contributed by atoms with E-state index in [4.69, 9.17) is 18.9 Å². The fraction of sp³-hybridized carbons (Fsp3) is 0.871. The first-order valence-electron chi connectivity index (χ1n) is 15.8. The number of aliphatic hydroxyl groups excluding tert-OH is 4. The molecule has 10 heteroatoms. The summed E-state index contributed by atoms with van der Waals surface area (Å²) in [4.78, 5) is 24.5. The van der Waals surface area contributed by atoms with Gasteiger partial charge in [-0.1, -0.05) is 103 Å². The Bertz CT molecular complexity index is 698. The zero-order chi connectivity index (χ0) is 30.3. The van der Waals surface area contributed by atoms with E-state index in [1.54, 1.807) is 6.08 Å².